The maximum absolute atomic E-state index is 6.38. The molecule has 5 heteroatoms. The van der Waals surface area contributed by atoms with E-state index in [9.17, 15) is 0 Å². The van der Waals surface area contributed by atoms with Crippen LogP contribution in [0.5, 0.6) is 0 Å². The molecule has 5 nitrogen and oxygen atoms in total. The highest BCUT2D eigenvalue weighted by atomic mass is 16.7. The highest BCUT2D eigenvalue weighted by Crippen LogP contribution is 2.39. The van der Waals surface area contributed by atoms with E-state index in [2.05, 4.69) is 65.8 Å². The number of nitrogens with zero attached hydrogens (tertiary/aromatic N) is 1. The van der Waals surface area contributed by atoms with Gasteiger partial charge in [-0.2, -0.15) is 5.06 Å². The lowest BCUT2D eigenvalue weighted by molar-refractivity contribution is -0.281. The van der Waals surface area contributed by atoms with Crippen molar-refractivity contribution in [3.05, 3.63) is 0 Å². The summed E-state index contributed by atoms with van der Waals surface area (Å²) in [4.78, 5) is 5.67. The molecule has 0 aliphatic carbocycles. The van der Waals surface area contributed by atoms with Crippen molar-refractivity contribution in [1.29, 1.82) is 0 Å². The van der Waals surface area contributed by atoms with Crippen LogP contribution in [0.15, 0.2) is 0 Å². The average Bonchev–Trinajstić information content (AvgIpc) is 2.41. The van der Waals surface area contributed by atoms with Crippen molar-refractivity contribution in [2.75, 3.05) is 13.7 Å². The summed E-state index contributed by atoms with van der Waals surface area (Å²) >= 11 is 0. The van der Waals surface area contributed by atoms with Gasteiger partial charge in [-0.15, -0.1) is 0 Å². The van der Waals surface area contributed by atoms with Gasteiger partial charge in [0.15, 0.2) is 0 Å². The SMILES string of the molecule is CON1C(C)(C)CC(OCC(C)OC2(C)CCCC(C)(C)N2)CC1(C)C. The number of hydrogen-bond acceptors (Lipinski definition) is 5. The van der Waals surface area contributed by atoms with E-state index < -0.39 is 0 Å². The molecule has 0 saturated carbocycles. The zero-order valence-corrected chi connectivity index (χ0v) is 18.6. The summed E-state index contributed by atoms with van der Waals surface area (Å²) in [5, 5.41) is 5.80. The Morgan fingerprint density at radius 1 is 1.00 bits per heavy atom. The highest BCUT2D eigenvalue weighted by Gasteiger charge is 2.46. The number of hydrogen-bond donors (Lipinski definition) is 1. The quantitative estimate of drug-likeness (QED) is 0.757. The fraction of sp³-hybridized carbons (Fsp3) is 1.00. The number of nitrogens with one attached hydrogen (secondary N) is 1. The van der Waals surface area contributed by atoms with Crippen LogP contribution in [0.2, 0.25) is 0 Å². The van der Waals surface area contributed by atoms with E-state index in [0.717, 1.165) is 19.3 Å². The Morgan fingerprint density at radius 2 is 1.58 bits per heavy atom. The zero-order chi connectivity index (χ0) is 19.8. The molecule has 2 aliphatic rings. The summed E-state index contributed by atoms with van der Waals surface area (Å²) in [5.41, 5.74) is -0.227. The van der Waals surface area contributed by atoms with E-state index >= 15 is 0 Å². The van der Waals surface area contributed by atoms with Gasteiger partial charge in [0.2, 0.25) is 0 Å². The van der Waals surface area contributed by atoms with Crippen LogP contribution in [0.3, 0.4) is 0 Å². The van der Waals surface area contributed by atoms with Gasteiger partial charge in [0.05, 0.1) is 25.9 Å². The van der Waals surface area contributed by atoms with Gasteiger partial charge in [0.1, 0.15) is 5.72 Å². The van der Waals surface area contributed by atoms with Crippen molar-refractivity contribution in [3.8, 4) is 0 Å². The van der Waals surface area contributed by atoms with Gasteiger partial charge in [0.25, 0.3) is 0 Å². The average molecular weight is 371 g/mol. The zero-order valence-electron chi connectivity index (χ0n) is 18.6. The Morgan fingerprint density at radius 3 is 2.08 bits per heavy atom. The van der Waals surface area contributed by atoms with Gasteiger partial charge < -0.3 is 14.3 Å². The topological polar surface area (TPSA) is 43.0 Å². The molecule has 0 aromatic rings. The normalized spacial score (nSPS) is 33.1. The molecular weight excluding hydrogens is 328 g/mol. The molecule has 0 aromatic carbocycles. The smallest absolute Gasteiger partial charge is 0.117 e. The van der Waals surface area contributed by atoms with Gasteiger partial charge in [-0.05, 0) is 87.5 Å². The summed E-state index contributed by atoms with van der Waals surface area (Å²) in [7, 11) is 1.76. The maximum Gasteiger partial charge on any atom is 0.117 e. The summed E-state index contributed by atoms with van der Waals surface area (Å²) in [6, 6.07) is 0. The van der Waals surface area contributed by atoms with Gasteiger partial charge in [-0.1, -0.05) is 0 Å². The Bertz CT molecular complexity index is 460. The van der Waals surface area contributed by atoms with Crippen molar-refractivity contribution in [2.24, 2.45) is 0 Å². The Balaban J connectivity index is 1.88. The second-order valence-electron chi connectivity index (χ2n) is 10.5. The van der Waals surface area contributed by atoms with E-state index in [1.165, 1.54) is 12.8 Å². The third-order valence-corrected chi connectivity index (χ3v) is 5.82. The first-order valence-electron chi connectivity index (χ1n) is 10.2. The largest absolute Gasteiger partial charge is 0.375 e. The number of ether oxygens (including phenoxy) is 2. The first-order chi connectivity index (χ1) is 11.8. The van der Waals surface area contributed by atoms with Crippen LogP contribution in [-0.2, 0) is 14.3 Å². The third-order valence-electron chi connectivity index (χ3n) is 5.82. The molecular formula is C21H42N2O3. The molecule has 0 amide bonds. The monoisotopic (exact) mass is 370 g/mol. The summed E-state index contributed by atoms with van der Waals surface area (Å²) in [5.74, 6) is 0. The Labute approximate surface area is 161 Å². The molecule has 1 N–H and O–H groups in total. The molecule has 2 atom stereocenters. The molecule has 0 radical (unpaired) electrons. The number of rotatable bonds is 6. The van der Waals surface area contributed by atoms with Gasteiger partial charge in [-0.3, -0.25) is 5.32 Å². The standard InChI is InChI=1S/C21H42N2O3/c1-16(26-21(8)12-10-11-18(2,3)22-21)15-25-17-13-19(4,5)23(24-9)20(6,7)14-17/h16-17,22H,10-15H2,1-9H3. The van der Waals surface area contributed by atoms with E-state index in [-0.39, 0.29) is 34.5 Å². The van der Waals surface area contributed by atoms with Crippen LogP contribution in [0.25, 0.3) is 0 Å². The van der Waals surface area contributed by atoms with Crippen LogP contribution < -0.4 is 5.32 Å². The van der Waals surface area contributed by atoms with Gasteiger partial charge in [-0.25, -0.2) is 0 Å². The minimum absolute atomic E-state index is 0.0494. The number of hydroxylamine groups is 2. The predicted molar refractivity (Wildman–Crippen MR) is 106 cm³/mol. The summed E-state index contributed by atoms with van der Waals surface area (Å²) in [6.45, 7) is 18.3. The first kappa shape index (κ1) is 22.1. The van der Waals surface area contributed by atoms with Crippen LogP contribution in [0, 0.1) is 0 Å². The molecule has 0 bridgehead atoms. The van der Waals surface area contributed by atoms with Crippen molar-refractivity contribution in [2.45, 2.75) is 122 Å². The minimum atomic E-state index is -0.261. The van der Waals surface area contributed by atoms with Gasteiger partial charge >= 0.3 is 0 Å². The molecule has 2 saturated heterocycles. The van der Waals surface area contributed by atoms with Crippen LogP contribution in [-0.4, -0.2) is 53.3 Å². The lowest BCUT2D eigenvalue weighted by atomic mass is 9.80. The van der Waals surface area contributed by atoms with Crippen molar-refractivity contribution >= 4 is 0 Å². The van der Waals surface area contributed by atoms with Crippen LogP contribution in [0.4, 0.5) is 0 Å². The van der Waals surface area contributed by atoms with Crippen molar-refractivity contribution in [1.82, 2.24) is 10.4 Å². The van der Waals surface area contributed by atoms with Crippen molar-refractivity contribution in [3.63, 3.8) is 0 Å². The maximum atomic E-state index is 6.38. The molecule has 2 unspecified atom stereocenters. The van der Waals surface area contributed by atoms with Gasteiger partial charge in [0, 0.05) is 16.6 Å². The summed E-state index contributed by atoms with van der Waals surface area (Å²) in [6.07, 6.45) is 5.64. The molecule has 0 spiro atoms. The fourth-order valence-electron chi connectivity index (χ4n) is 5.33. The second-order valence-corrected chi connectivity index (χ2v) is 10.5. The van der Waals surface area contributed by atoms with Crippen LogP contribution in [0.1, 0.15) is 87.5 Å². The molecule has 2 rings (SSSR count). The molecule has 154 valence electrons. The lowest BCUT2D eigenvalue weighted by Gasteiger charge is -2.53. The third kappa shape index (κ3) is 5.41. The minimum Gasteiger partial charge on any atom is -0.375 e. The first-order valence-corrected chi connectivity index (χ1v) is 10.2. The molecule has 26 heavy (non-hydrogen) atoms. The molecule has 2 aliphatic heterocycles. The second kappa shape index (κ2) is 7.67. The Hall–Kier alpha value is -0.200. The fourth-order valence-corrected chi connectivity index (χ4v) is 5.33. The lowest BCUT2D eigenvalue weighted by Crippen LogP contribution is -2.61. The predicted octanol–water partition coefficient (Wildman–Crippen LogP) is 4.26. The highest BCUT2D eigenvalue weighted by molar-refractivity contribution is 4.97. The molecule has 0 aromatic heterocycles. The van der Waals surface area contributed by atoms with E-state index in [1.807, 2.05) is 0 Å². The summed E-state index contributed by atoms with van der Waals surface area (Å²) < 4.78 is 12.7. The van der Waals surface area contributed by atoms with Crippen molar-refractivity contribution < 1.29 is 14.3 Å². The molecule has 2 fully saturated rings. The molecule has 2 heterocycles. The van der Waals surface area contributed by atoms with E-state index in [0.29, 0.717) is 6.61 Å². The van der Waals surface area contributed by atoms with E-state index in [4.69, 9.17) is 14.3 Å². The van der Waals surface area contributed by atoms with Crippen LogP contribution >= 0.6 is 0 Å². The number of piperidine rings is 2. The Kier molecular flexibility index (Phi) is 6.52. The van der Waals surface area contributed by atoms with E-state index in [1.54, 1.807) is 7.11 Å².